The highest BCUT2D eigenvalue weighted by Gasteiger charge is 2.10. The molecule has 3 atom stereocenters. The molecule has 0 heterocycles. The maximum absolute atomic E-state index is 9.01. The Labute approximate surface area is 98.9 Å². The van der Waals surface area contributed by atoms with Crippen LogP contribution in [0, 0.1) is 0 Å². The normalized spacial score (nSPS) is 17.4. The Balaban J connectivity index is 3.50. The highest BCUT2D eigenvalue weighted by atomic mass is 16.6. The number of ether oxygens (including phenoxy) is 3. The second-order valence-corrected chi connectivity index (χ2v) is 4.53. The summed E-state index contributed by atoms with van der Waals surface area (Å²) in [6.07, 6.45) is -0.112. The summed E-state index contributed by atoms with van der Waals surface area (Å²) in [6, 6.07) is 0. The van der Waals surface area contributed by atoms with Gasteiger partial charge >= 0.3 is 0 Å². The van der Waals surface area contributed by atoms with Crippen LogP contribution in [0.15, 0.2) is 0 Å². The number of aliphatic hydroxyl groups excluding tert-OH is 1. The molecule has 0 saturated heterocycles. The minimum Gasteiger partial charge on any atom is -0.391 e. The first kappa shape index (κ1) is 15.8. The van der Waals surface area contributed by atoms with Crippen LogP contribution in [0.4, 0.5) is 0 Å². The lowest BCUT2D eigenvalue weighted by Crippen LogP contribution is -2.27. The van der Waals surface area contributed by atoms with E-state index >= 15 is 0 Å². The molecular weight excluding hydrogens is 208 g/mol. The molecule has 0 bridgehead atoms. The van der Waals surface area contributed by atoms with E-state index in [1.165, 1.54) is 0 Å². The summed E-state index contributed by atoms with van der Waals surface area (Å²) in [4.78, 5) is 0. The molecular formula is C12H26O4. The third-order valence-electron chi connectivity index (χ3n) is 1.84. The van der Waals surface area contributed by atoms with Crippen LogP contribution in [-0.4, -0.2) is 49.3 Å². The number of aliphatic hydroxyl groups is 1. The van der Waals surface area contributed by atoms with Crippen molar-refractivity contribution in [1.29, 1.82) is 0 Å². The summed E-state index contributed by atoms with van der Waals surface area (Å²) in [7, 11) is 0. The maximum atomic E-state index is 9.01. The van der Waals surface area contributed by atoms with Crippen LogP contribution < -0.4 is 0 Å². The summed E-state index contributed by atoms with van der Waals surface area (Å²) >= 11 is 0. The first-order valence-corrected chi connectivity index (χ1v) is 5.94. The van der Waals surface area contributed by atoms with Gasteiger partial charge in [0.1, 0.15) is 0 Å². The maximum Gasteiger partial charge on any atom is 0.0785 e. The molecule has 0 fully saturated rings. The van der Waals surface area contributed by atoms with Crippen LogP contribution >= 0.6 is 0 Å². The molecule has 0 amide bonds. The van der Waals surface area contributed by atoms with Crippen LogP contribution in [0.1, 0.15) is 34.6 Å². The molecule has 0 unspecified atom stereocenters. The molecule has 4 nitrogen and oxygen atoms in total. The molecule has 0 aliphatic carbocycles. The van der Waals surface area contributed by atoms with Crippen molar-refractivity contribution in [3.8, 4) is 0 Å². The highest BCUT2D eigenvalue weighted by Crippen LogP contribution is 2.01. The zero-order valence-electron chi connectivity index (χ0n) is 11.1. The van der Waals surface area contributed by atoms with E-state index in [4.69, 9.17) is 19.3 Å². The second kappa shape index (κ2) is 8.93. The van der Waals surface area contributed by atoms with Gasteiger partial charge in [-0.25, -0.2) is 0 Å². The van der Waals surface area contributed by atoms with Gasteiger partial charge in [-0.05, 0) is 34.6 Å². The number of hydrogen-bond donors (Lipinski definition) is 1. The molecule has 0 aromatic rings. The molecule has 0 aliphatic heterocycles. The smallest absolute Gasteiger partial charge is 0.0785 e. The van der Waals surface area contributed by atoms with Crippen molar-refractivity contribution >= 4 is 0 Å². The molecule has 4 heteroatoms. The summed E-state index contributed by atoms with van der Waals surface area (Å²) in [5.41, 5.74) is 0. The Morgan fingerprint density at radius 2 is 1.44 bits per heavy atom. The van der Waals surface area contributed by atoms with Crippen LogP contribution in [0.2, 0.25) is 0 Å². The third-order valence-corrected chi connectivity index (χ3v) is 1.84. The van der Waals surface area contributed by atoms with Crippen molar-refractivity contribution in [3.63, 3.8) is 0 Å². The quantitative estimate of drug-likeness (QED) is 0.658. The van der Waals surface area contributed by atoms with Crippen molar-refractivity contribution in [2.75, 3.05) is 19.8 Å². The molecule has 98 valence electrons. The fourth-order valence-corrected chi connectivity index (χ4v) is 1.21. The van der Waals surface area contributed by atoms with Crippen LogP contribution in [0.3, 0.4) is 0 Å². The lowest BCUT2D eigenvalue weighted by molar-refractivity contribution is -0.0851. The number of hydrogen-bond acceptors (Lipinski definition) is 4. The second-order valence-electron chi connectivity index (χ2n) is 4.53. The van der Waals surface area contributed by atoms with Gasteiger partial charge in [0.15, 0.2) is 0 Å². The van der Waals surface area contributed by atoms with Gasteiger partial charge in [-0.1, -0.05) is 0 Å². The van der Waals surface area contributed by atoms with Crippen molar-refractivity contribution in [1.82, 2.24) is 0 Å². The van der Waals surface area contributed by atoms with E-state index in [0.717, 1.165) is 0 Å². The molecule has 1 N–H and O–H groups in total. The average Bonchev–Trinajstić information content (AvgIpc) is 2.14. The average molecular weight is 234 g/mol. The van der Waals surface area contributed by atoms with E-state index < -0.39 is 6.10 Å². The van der Waals surface area contributed by atoms with Gasteiger partial charge < -0.3 is 19.3 Å². The SMILES string of the molecule is CC(C)OC[C@H](C)O[C@H](C)COC[C@@H](C)O. The fraction of sp³-hybridized carbons (Fsp3) is 1.00. The minimum atomic E-state index is -0.422. The van der Waals surface area contributed by atoms with Crippen molar-refractivity contribution in [2.45, 2.75) is 59.0 Å². The Morgan fingerprint density at radius 1 is 0.875 bits per heavy atom. The van der Waals surface area contributed by atoms with E-state index in [1.807, 2.05) is 27.7 Å². The van der Waals surface area contributed by atoms with Gasteiger partial charge in [0, 0.05) is 0 Å². The molecule has 0 saturated carbocycles. The summed E-state index contributed by atoms with van der Waals surface area (Å²) in [6.45, 7) is 11.1. The minimum absolute atomic E-state index is 0.0181. The van der Waals surface area contributed by atoms with Gasteiger partial charge in [-0.2, -0.15) is 0 Å². The van der Waals surface area contributed by atoms with E-state index in [0.29, 0.717) is 19.8 Å². The van der Waals surface area contributed by atoms with E-state index in [-0.39, 0.29) is 18.3 Å². The van der Waals surface area contributed by atoms with Gasteiger partial charge in [-0.15, -0.1) is 0 Å². The first-order chi connectivity index (χ1) is 7.41. The topological polar surface area (TPSA) is 47.9 Å². The van der Waals surface area contributed by atoms with Crippen LogP contribution in [0.5, 0.6) is 0 Å². The van der Waals surface area contributed by atoms with Crippen molar-refractivity contribution in [2.24, 2.45) is 0 Å². The van der Waals surface area contributed by atoms with Crippen molar-refractivity contribution < 1.29 is 19.3 Å². The highest BCUT2D eigenvalue weighted by molar-refractivity contribution is 4.55. The molecule has 0 rings (SSSR count). The van der Waals surface area contributed by atoms with Gasteiger partial charge in [0.25, 0.3) is 0 Å². The molecule has 0 spiro atoms. The predicted octanol–water partition coefficient (Wildman–Crippen LogP) is 1.60. The third kappa shape index (κ3) is 10.4. The standard InChI is InChI=1S/C12H26O4/c1-9(2)15-8-12(5)16-11(4)7-14-6-10(3)13/h9-13H,6-8H2,1-5H3/t10-,11-,12+/m1/s1. The number of rotatable bonds is 9. The monoisotopic (exact) mass is 234 g/mol. The zero-order valence-corrected chi connectivity index (χ0v) is 11.1. The predicted molar refractivity (Wildman–Crippen MR) is 63.6 cm³/mol. The molecule has 0 aromatic heterocycles. The molecule has 16 heavy (non-hydrogen) atoms. The largest absolute Gasteiger partial charge is 0.391 e. The van der Waals surface area contributed by atoms with Crippen LogP contribution in [0.25, 0.3) is 0 Å². The Kier molecular flexibility index (Phi) is 8.84. The Morgan fingerprint density at radius 3 is 1.94 bits per heavy atom. The van der Waals surface area contributed by atoms with E-state index in [9.17, 15) is 0 Å². The fourth-order valence-electron chi connectivity index (χ4n) is 1.21. The van der Waals surface area contributed by atoms with Gasteiger partial charge in [0.2, 0.25) is 0 Å². The van der Waals surface area contributed by atoms with Crippen molar-refractivity contribution in [3.05, 3.63) is 0 Å². The summed E-state index contributed by atoms with van der Waals surface area (Å²) < 4.78 is 16.4. The first-order valence-electron chi connectivity index (χ1n) is 5.94. The molecule has 0 aliphatic rings. The Bertz CT molecular complexity index is 159. The lowest BCUT2D eigenvalue weighted by Gasteiger charge is -2.20. The molecule has 0 aromatic carbocycles. The molecule has 0 radical (unpaired) electrons. The summed E-state index contributed by atoms with van der Waals surface area (Å²) in [5, 5.41) is 9.01. The van der Waals surface area contributed by atoms with E-state index in [1.54, 1.807) is 6.92 Å². The van der Waals surface area contributed by atoms with Gasteiger partial charge in [0.05, 0.1) is 44.2 Å². The Hall–Kier alpha value is -0.160. The summed E-state index contributed by atoms with van der Waals surface area (Å²) in [5.74, 6) is 0. The van der Waals surface area contributed by atoms with Crippen LogP contribution in [-0.2, 0) is 14.2 Å². The zero-order chi connectivity index (χ0) is 12.6. The van der Waals surface area contributed by atoms with E-state index in [2.05, 4.69) is 0 Å². The lowest BCUT2D eigenvalue weighted by atomic mass is 10.3. The van der Waals surface area contributed by atoms with Gasteiger partial charge in [-0.3, -0.25) is 0 Å².